The van der Waals surface area contributed by atoms with E-state index >= 15 is 0 Å². The fourth-order valence-electron chi connectivity index (χ4n) is 4.14. The standard InChI is InChI=1S/C23H27.2ClH.Zr/c1-5-9-18-12-13-19-14-17(6-2)15-22(19)23(18)21-11-8-7-10-20(21)16(3)4;;;/h7-8,10-16H,5-6,9H2,1-4H3;2*1H;/q;;;+2/p-2. The third-order valence-electron chi connectivity index (χ3n) is 5.38. The van der Waals surface area contributed by atoms with Gasteiger partial charge in [-0.3, -0.25) is 0 Å². The van der Waals surface area contributed by atoms with Gasteiger partial charge in [-0.25, -0.2) is 0 Å². The first kappa shape index (κ1) is 20.4. The van der Waals surface area contributed by atoms with Gasteiger partial charge in [0.1, 0.15) is 0 Å². The molecule has 0 radical (unpaired) electrons. The quantitative estimate of drug-likeness (QED) is 0.403. The van der Waals surface area contributed by atoms with Crippen molar-refractivity contribution in [1.29, 1.82) is 0 Å². The Labute approximate surface area is 173 Å². The topological polar surface area (TPSA) is 0 Å². The molecule has 0 spiro atoms. The summed E-state index contributed by atoms with van der Waals surface area (Å²) in [7, 11) is 13.2. The number of fused-ring (bicyclic) bond motifs is 1. The molecule has 2 aromatic rings. The third-order valence-corrected chi connectivity index (χ3v) is 10.7. The van der Waals surface area contributed by atoms with Crippen molar-refractivity contribution in [3.63, 3.8) is 0 Å². The first-order valence-electron chi connectivity index (χ1n) is 9.62. The molecule has 0 aromatic heterocycles. The van der Waals surface area contributed by atoms with E-state index in [0.29, 0.717) is 9.54 Å². The summed E-state index contributed by atoms with van der Waals surface area (Å²) in [5.74, 6) is 0.496. The summed E-state index contributed by atoms with van der Waals surface area (Å²) < 4.78 is 0.307. The second-order valence-corrected chi connectivity index (χ2v) is 16.2. The van der Waals surface area contributed by atoms with Crippen LogP contribution in [-0.4, -0.2) is 0 Å². The van der Waals surface area contributed by atoms with Crippen molar-refractivity contribution in [3.05, 3.63) is 64.2 Å². The van der Waals surface area contributed by atoms with Gasteiger partial charge in [-0.2, -0.15) is 0 Å². The van der Waals surface area contributed by atoms with E-state index in [4.69, 9.17) is 17.0 Å². The van der Waals surface area contributed by atoms with Gasteiger partial charge in [-0.1, -0.05) is 0 Å². The maximum absolute atomic E-state index is 6.59. The third kappa shape index (κ3) is 3.78. The van der Waals surface area contributed by atoms with Crippen LogP contribution in [0.1, 0.15) is 72.3 Å². The Balaban J connectivity index is 2.30. The van der Waals surface area contributed by atoms with Crippen LogP contribution in [0.25, 0.3) is 17.2 Å². The van der Waals surface area contributed by atoms with Crippen LogP contribution in [0.3, 0.4) is 0 Å². The first-order chi connectivity index (χ1) is 12.5. The summed E-state index contributed by atoms with van der Waals surface area (Å²) in [6, 6.07) is 13.5. The Morgan fingerprint density at radius 3 is 2.38 bits per heavy atom. The van der Waals surface area contributed by atoms with Crippen LogP contribution in [0, 0.1) is 0 Å². The van der Waals surface area contributed by atoms with Gasteiger partial charge >= 0.3 is 174 Å². The van der Waals surface area contributed by atoms with Crippen LogP contribution in [0.15, 0.2) is 42.0 Å². The molecule has 137 valence electrons. The van der Waals surface area contributed by atoms with Gasteiger partial charge in [0, 0.05) is 0 Å². The Morgan fingerprint density at radius 1 is 1.04 bits per heavy atom. The average Bonchev–Trinajstić information content (AvgIpc) is 3.00. The van der Waals surface area contributed by atoms with Gasteiger partial charge < -0.3 is 0 Å². The molecule has 0 aliphatic heterocycles. The number of aryl methyl sites for hydroxylation is 1. The number of hydrogen-bond donors (Lipinski definition) is 0. The van der Waals surface area contributed by atoms with Gasteiger partial charge in [-0.15, -0.1) is 0 Å². The zero-order chi connectivity index (χ0) is 18.8. The summed E-state index contributed by atoms with van der Waals surface area (Å²) >= 11 is -2.43. The molecular formula is C23H27Cl2Zr. The summed E-state index contributed by atoms with van der Waals surface area (Å²) in [5, 5.41) is 0. The van der Waals surface area contributed by atoms with Crippen LogP contribution in [0.4, 0.5) is 0 Å². The van der Waals surface area contributed by atoms with Crippen molar-refractivity contribution in [2.24, 2.45) is 0 Å². The number of halogens is 2. The molecule has 1 aliphatic carbocycles. The van der Waals surface area contributed by atoms with E-state index in [1.54, 1.807) is 0 Å². The normalized spacial score (nSPS) is 16.0. The van der Waals surface area contributed by atoms with Gasteiger partial charge in [-0.05, 0) is 0 Å². The Kier molecular flexibility index (Phi) is 6.87. The van der Waals surface area contributed by atoms with E-state index in [1.165, 1.54) is 39.0 Å². The number of hydrogen-bond acceptors (Lipinski definition) is 0. The van der Waals surface area contributed by atoms with Crippen LogP contribution in [0.5, 0.6) is 0 Å². The van der Waals surface area contributed by atoms with E-state index in [0.717, 1.165) is 19.3 Å². The van der Waals surface area contributed by atoms with Crippen molar-refractivity contribution < 1.29 is 19.4 Å². The zero-order valence-electron chi connectivity index (χ0n) is 16.1. The summed E-state index contributed by atoms with van der Waals surface area (Å²) in [6.07, 6.45) is 5.67. The zero-order valence-corrected chi connectivity index (χ0v) is 20.0. The molecule has 0 N–H and O–H groups in total. The molecule has 0 heterocycles. The fourth-order valence-corrected chi connectivity index (χ4v) is 9.79. The van der Waals surface area contributed by atoms with E-state index in [-0.39, 0.29) is 0 Å². The molecule has 0 saturated heterocycles. The number of rotatable bonds is 6. The molecule has 0 fully saturated rings. The summed E-state index contributed by atoms with van der Waals surface area (Å²) in [4.78, 5) is 0. The summed E-state index contributed by atoms with van der Waals surface area (Å²) in [5.41, 5.74) is 9.84. The first-order valence-corrected chi connectivity index (χ1v) is 17.4. The van der Waals surface area contributed by atoms with Gasteiger partial charge in [0.15, 0.2) is 0 Å². The molecule has 0 saturated carbocycles. The van der Waals surface area contributed by atoms with E-state index in [9.17, 15) is 0 Å². The van der Waals surface area contributed by atoms with Crippen molar-refractivity contribution in [1.82, 2.24) is 0 Å². The number of allylic oxidation sites excluding steroid dienone is 1. The van der Waals surface area contributed by atoms with Crippen molar-refractivity contribution in [2.75, 3.05) is 0 Å². The van der Waals surface area contributed by atoms with Gasteiger partial charge in [0.2, 0.25) is 0 Å². The van der Waals surface area contributed by atoms with Crippen molar-refractivity contribution >= 4 is 23.1 Å². The molecular weight excluding hydrogens is 438 g/mol. The van der Waals surface area contributed by atoms with Crippen LogP contribution in [-0.2, 0) is 25.8 Å². The number of benzene rings is 2. The van der Waals surface area contributed by atoms with Crippen molar-refractivity contribution in [3.8, 4) is 11.1 Å². The molecule has 2 aromatic carbocycles. The fraction of sp³-hybridized carbons (Fsp3) is 0.391. The average molecular weight is 466 g/mol. The minimum atomic E-state index is -2.43. The second-order valence-electron chi connectivity index (χ2n) is 7.39. The molecule has 0 bridgehead atoms. The molecule has 1 unspecified atom stereocenters. The maximum atomic E-state index is 6.59. The molecule has 1 atom stereocenters. The van der Waals surface area contributed by atoms with Crippen molar-refractivity contribution in [2.45, 2.75) is 56.5 Å². The Bertz CT molecular complexity index is 821. The van der Waals surface area contributed by atoms with Crippen LogP contribution >= 0.6 is 17.0 Å². The molecule has 26 heavy (non-hydrogen) atoms. The molecule has 3 rings (SSSR count). The predicted octanol–water partition coefficient (Wildman–Crippen LogP) is 8.20. The second kappa shape index (κ2) is 8.77. The minimum absolute atomic E-state index is 0.307. The molecule has 0 amide bonds. The van der Waals surface area contributed by atoms with E-state index in [1.807, 2.05) is 0 Å². The van der Waals surface area contributed by atoms with Gasteiger partial charge in [0.05, 0.1) is 0 Å². The summed E-state index contributed by atoms with van der Waals surface area (Å²) in [6.45, 7) is 9.03. The molecule has 0 nitrogen and oxygen atoms in total. The molecule has 3 heteroatoms. The van der Waals surface area contributed by atoms with Gasteiger partial charge in [0.25, 0.3) is 0 Å². The molecule has 1 aliphatic rings. The monoisotopic (exact) mass is 463 g/mol. The van der Waals surface area contributed by atoms with E-state index < -0.39 is 19.4 Å². The van der Waals surface area contributed by atoms with Crippen LogP contribution in [0.2, 0.25) is 0 Å². The Morgan fingerprint density at radius 2 is 1.77 bits per heavy atom. The van der Waals surface area contributed by atoms with Crippen LogP contribution < -0.4 is 0 Å². The predicted molar refractivity (Wildman–Crippen MR) is 113 cm³/mol. The SMILES string of the molecule is CCCc1ccc2c(c1-c1ccccc1C(C)C)C=C(CC)[CH]2[Zr]([Cl])[Cl]. The Hall–Kier alpha value is -0.357. The van der Waals surface area contributed by atoms with E-state index in [2.05, 4.69) is 70.2 Å².